The Kier molecular flexibility index (Phi) is 7.36. The first-order valence-corrected chi connectivity index (χ1v) is 6.08. The highest BCUT2D eigenvalue weighted by atomic mass is 28.2. The monoisotopic (exact) mass is 218 g/mol. The van der Waals surface area contributed by atoms with E-state index in [4.69, 9.17) is 14.2 Å². The number of carbonyl (C=O) groups is 1. The van der Waals surface area contributed by atoms with Crippen LogP contribution >= 0.6 is 0 Å². The molecule has 0 atom stereocenters. The number of rotatable bonds is 7. The molecule has 0 aromatic heterocycles. The summed E-state index contributed by atoms with van der Waals surface area (Å²) in [5.41, 5.74) is 0. The van der Waals surface area contributed by atoms with Gasteiger partial charge in [-0.05, 0) is 6.42 Å². The van der Waals surface area contributed by atoms with E-state index >= 15 is 0 Å². The smallest absolute Gasteiger partial charge is 0.328 e. The molecular formula is C9H18O4Si. The zero-order valence-electron chi connectivity index (χ0n) is 9.04. The predicted molar refractivity (Wildman–Crippen MR) is 56.7 cm³/mol. The number of carbonyl (C=O) groups excluding carboxylic acids is 1. The van der Waals surface area contributed by atoms with E-state index < -0.39 is 9.52 Å². The molecule has 0 saturated heterocycles. The summed E-state index contributed by atoms with van der Waals surface area (Å²) in [5, 5.41) is 0.507. The number of hydrogen-bond donors (Lipinski definition) is 0. The first-order chi connectivity index (χ1) is 6.65. The fourth-order valence-electron chi connectivity index (χ4n) is 0.844. The SMILES string of the molecule is C=C([SiH2]C(OC)OC)C(=O)OCCC. The molecule has 0 rings (SSSR count). The van der Waals surface area contributed by atoms with Crippen molar-refractivity contribution in [3.8, 4) is 0 Å². The largest absolute Gasteiger partial charge is 0.463 e. The van der Waals surface area contributed by atoms with Gasteiger partial charge < -0.3 is 14.2 Å². The Hall–Kier alpha value is -0.653. The first kappa shape index (κ1) is 13.3. The van der Waals surface area contributed by atoms with E-state index in [0.717, 1.165) is 6.42 Å². The molecule has 0 aliphatic heterocycles. The maximum Gasteiger partial charge on any atom is 0.328 e. The lowest BCUT2D eigenvalue weighted by molar-refractivity contribution is -0.138. The minimum absolute atomic E-state index is 0.295. The van der Waals surface area contributed by atoms with Gasteiger partial charge in [0, 0.05) is 19.4 Å². The van der Waals surface area contributed by atoms with Gasteiger partial charge in [0.2, 0.25) is 0 Å². The van der Waals surface area contributed by atoms with Crippen molar-refractivity contribution >= 4 is 15.5 Å². The van der Waals surface area contributed by atoms with Crippen LogP contribution in [0.3, 0.4) is 0 Å². The summed E-state index contributed by atoms with van der Waals surface area (Å²) >= 11 is 0. The van der Waals surface area contributed by atoms with Crippen LogP contribution < -0.4 is 0 Å². The molecule has 0 bridgehead atoms. The third-order valence-corrected chi connectivity index (χ3v) is 3.45. The molecule has 14 heavy (non-hydrogen) atoms. The van der Waals surface area contributed by atoms with E-state index in [9.17, 15) is 4.79 Å². The molecule has 0 unspecified atom stereocenters. The summed E-state index contributed by atoms with van der Waals surface area (Å²) in [6.45, 7) is 6.06. The number of ether oxygens (including phenoxy) is 3. The Morgan fingerprint density at radius 1 is 1.43 bits per heavy atom. The lowest BCUT2D eigenvalue weighted by Gasteiger charge is -2.13. The van der Waals surface area contributed by atoms with Gasteiger partial charge in [-0.15, -0.1) is 0 Å². The van der Waals surface area contributed by atoms with Crippen LogP contribution in [0.15, 0.2) is 11.8 Å². The zero-order valence-corrected chi connectivity index (χ0v) is 10.5. The second-order valence-corrected chi connectivity index (χ2v) is 4.77. The van der Waals surface area contributed by atoms with Gasteiger partial charge in [0.1, 0.15) is 15.4 Å². The molecular weight excluding hydrogens is 200 g/mol. The van der Waals surface area contributed by atoms with Crippen LogP contribution in [0.25, 0.3) is 0 Å². The average Bonchev–Trinajstić information content (AvgIpc) is 2.21. The van der Waals surface area contributed by atoms with Gasteiger partial charge in [-0.2, -0.15) is 0 Å². The number of hydrogen-bond acceptors (Lipinski definition) is 4. The lowest BCUT2D eigenvalue weighted by atomic mass is 10.5. The highest BCUT2D eigenvalue weighted by Crippen LogP contribution is 1.99. The van der Waals surface area contributed by atoms with Gasteiger partial charge in [-0.25, -0.2) is 4.79 Å². The maximum atomic E-state index is 11.3. The molecule has 0 amide bonds. The molecule has 0 aliphatic carbocycles. The van der Waals surface area contributed by atoms with Crippen LogP contribution in [-0.4, -0.2) is 42.2 Å². The quantitative estimate of drug-likeness (QED) is 0.265. The maximum absolute atomic E-state index is 11.3. The van der Waals surface area contributed by atoms with Gasteiger partial charge in [0.15, 0.2) is 0 Å². The molecule has 0 aliphatic rings. The van der Waals surface area contributed by atoms with Crippen molar-refractivity contribution in [2.24, 2.45) is 0 Å². The van der Waals surface area contributed by atoms with Crippen LogP contribution in [0.1, 0.15) is 13.3 Å². The third kappa shape index (κ3) is 5.16. The summed E-state index contributed by atoms with van der Waals surface area (Å²) in [4.78, 5) is 11.3. The Labute approximate surface area is 87.0 Å². The van der Waals surface area contributed by atoms with Crippen molar-refractivity contribution in [1.29, 1.82) is 0 Å². The van der Waals surface area contributed by atoms with Gasteiger partial charge in [0.05, 0.1) is 6.61 Å². The highest BCUT2D eigenvalue weighted by Gasteiger charge is 2.15. The Morgan fingerprint density at radius 2 is 2.00 bits per heavy atom. The van der Waals surface area contributed by atoms with Crippen LogP contribution in [0, 0.1) is 0 Å². The predicted octanol–water partition coefficient (Wildman–Crippen LogP) is 0.198. The minimum atomic E-state index is -0.939. The van der Waals surface area contributed by atoms with E-state index in [1.807, 2.05) is 6.92 Å². The van der Waals surface area contributed by atoms with E-state index in [2.05, 4.69) is 6.58 Å². The third-order valence-electron chi connectivity index (χ3n) is 1.66. The van der Waals surface area contributed by atoms with E-state index in [1.165, 1.54) is 0 Å². The van der Waals surface area contributed by atoms with Gasteiger partial charge in [0.25, 0.3) is 0 Å². The van der Waals surface area contributed by atoms with Crippen LogP contribution in [0.4, 0.5) is 0 Å². The Bertz CT molecular complexity index is 189. The molecule has 0 N–H and O–H groups in total. The van der Waals surface area contributed by atoms with Crippen molar-refractivity contribution in [1.82, 2.24) is 0 Å². The molecule has 0 radical (unpaired) electrons. The Balaban J connectivity index is 3.87. The summed E-state index contributed by atoms with van der Waals surface area (Å²) in [5.74, 6) is -0.616. The molecule has 0 spiro atoms. The van der Waals surface area contributed by atoms with Crippen molar-refractivity contribution in [3.05, 3.63) is 11.8 Å². The molecule has 0 saturated carbocycles. The topological polar surface area (TPSA) is 44.8 Å². The fraction of sp³-hybridized carbons (Fsp3) is 0.667. The molecule has 82 valence electrons. The standard InChI is InChI=1S/C9H18O4Si/c1-5-6-13-8(10)7(2)14-9(11-3)12-4/h9H,2,5-6,14H2,1,3-4H3. The summed E-state index contributed by atoms with van der Waals surface area (Å²) in [6.07, 6.45) is 0.818. The van der Waals surface area contributed by atoms with Crippen LogP contribution in [0.2, 0.25) is 0 Å². The summed E-state index contributed by atoms with van der Waals surface area (Å²) in [7, 11) is 2.16. The van der Waals surface area contributed by atoms with Crippen molar-refractivity contribution in [2.45, 2.75) is 19.3 Å². The van der Waals surface area contributed by atoms with Crippen LogP contribution in [0.5, 0.6) is 0 Å². The van der Waals surface area contributed by atoms with Gasteiger partial charge >= 0.3 is 5.97 Å². The normalized spacial score (nSPS) is 11.1. The fourth-order valence-corrected chi connectivity index (χ4v) is 1.85. The van der Waals surface area contributed by atoms with Gasteiger partial charge in [-0.1, -0.05) is 13.5 Å². The highest BCUT2D eigenvalue weighted by molar-refractivity contribution is 6.53. The molecule has 0 fully saturated rings. The zero-order chi connectivity index (χ0) is 11.0. The lowest BCUT2D eigenvalue weighted by Crippen LogP contribution is -2.26. The van der Waals surface area contributed by atoms with E-state index in [0.29, 0.717) is 11.8 Å². The van der Waals surface area contributed by atoms with Crippen molar-refractivity contribution in [2.75, 3.05) is 20.8 Å². The van der Waals surface area contributed by atoms with Crippen molar-refractivity contribution < 1.29 is 19.0 Å². The second-order valence-electron chi connectivity index (χ2n) is 2.84. The average molecular weight is 218 g/mol. The number of methoxy groups -OCH3 is 2. The van der Waals surface area contributed by atoms with E-state index in [1.54, 1.807) is 14.2 Å². The molecule has 5 heteroatoms. The van der Waals surface area contributed by atoms with Gasteiger partial charge in [-0.3, -0.25) is 0 Å². The minimum Gasteiger partial charge on any atom is -0.463 e. The first-order valence-electron chi connectivity index (χ1n) is 4.56. The number of esters is 1. The van der Waals surface area contributed by atoms with Crippen molar-refractivity contribution in [3.63, 3.8) is 0 Å². The second kappa shape index (κ2) is 7.72. The molecule has 0 heterocycles. The summed E-state index contributed by atoms with van der Waals surface area (Å²) < 4.78 is 14.9. The van der Waals surface area contributed by atoms with E-state index in [-0.39, 0.29) is 11.9 Å². The summed E-state index contributed by atoms with van der Waals surface area (Å²) in [6, 6.07) is 0. The molecule has 4 nitrogen and oxygen atoms in total. The van der Waals surface area contributed by atoms with Crippen LogP contribution in [-0.2, 0) is 19.0 Å². The Morgan fingerprint density at radius 3 is 2.43 bits per heavy atom. The molecule has 0 aromatic rings. The molecule has 0 aromatic carbocycles.